The van der Waals surface area contributed by atoms with E-state index in [1.165, 1.54) is 12.8 Å². The summed E-state index contributed by atoms with van der Waals surface area (Å²) in [4.78, 5) is 28.5. The number of likely N-dealkylation sites (tertiary alicyclic amines) is 1. The number of urea groups is 1. The summed E-state index contributed by atoms with van der Waals surface area (Å²) in [5.41, 5.74) is 2.58. The lowest BCUT2D eigenvalue weighted by Crippen LogP contribution is -2.39. The number of nitrogens with one attached hydrogen (secondary N) is 2. The van der Waals surface area contributed by atoms with Gasteiger partial charge in [-0.2, -0.15) is 5.10 Å². The first-order valence-electron chi connectivity index (χ1n) is 12.5. The first-order chi connectivity index (χ1) is 17.7. The van der Waals surface area contributed by atoms with Gasteiger partial charge in [0.05, 0.1) is 30.2 Å². The summed E-state index contributed by atoms with van der Waals surface area (Å²) in [5.74, 6) is 0. The second-order valence-corrected chi connectivity index (χ2v) is 9.15. The molecule has 2 heterocycles. The summed E-state index contributed by atoms with van der Waals surface area (Å²) in [6.45, 7) is 3.69. The third-order valence-electron chi connectivity index (χ3n) is 6.73. The molecular weight excluding hydrogens is 450 g/mol. The van der Waals surface area contributed by atoms with Gasteiger partial charge < -0.3 is 15.5 Å². The molecule has 2 N–H and O–H groups in total. The minimum Gasteiger partial charge on any atom is -0.332 e. The number of carbonyl (C=O) groups excluding carboxylic acids is 1. The lowest BCUT2D eigenvalue weighted by Gasteiger charge is -2.20. The number of amides is 2. The fourth-order valence-electron chi connectivity index (χ4n) is 4.83. The number of nitrogens with zero attached hydrogens (tertiary/aromatic N) is 3. The summed E-state index contributed by atoms with van der Waals surface area (Å²) < 4.78 is 1.55. The van der Waals surface area contributed by atoms with Crippen molar-refractivity contribution in [3.63, 3.8) is 0 Å². The summed E-state index contributed by atoms with van der Waals surface area (Å²) in [5, 5.41) is 12.1. The van der Waals surface area contributed by atoms with Crippen LogP contribution in [0.4, 0.5) is 4.79 Å². The predicted molar refractivity (Wildman–Crippen MR) is 142 cm³/mol. The zero-order chi connectivity index (χ0) is 24.7. The highest BCUT2D eigenvalue weighted by molar-refractivity contribution is 5.84. The Balaban J connectivity index is 1.34. The van der Waals surface area contributed by atoms with E-state index in [1.807, 2.05) is 84.9 Å². The van der Waals surface area contributed by atoms with E-state index in [0.717, 1.165) is 36.1 Å². The van der Waals surface area contributed by atoms with E-state index in [4.69, 9.17) is 0 Å². The van der Waals surface area contributed by atoms with Crippen LogP contribution in [0, 0.1) is 0 Å². The fraction of sp³-hybridized carbons (Fsp3) is 0.276. The maximum absolute atomic E-state index is 13.1. The van der Waals surface area contributed by atoms with Gasteiger partial charge in [0.15, 0.2) is 0 Å². The number of rotatable bonds is 8. The maximum atomic E-state index is 13.1. The number of aromatic nitrogens is 2. The molecule has 36 heavy (non-hydrogen) atoms. The molecule has 0 spiro atoms. The predicted octanol–water partition coefficient (Wildman–Crippen LogP) is 4.08. The Morgan fingerprint density at radius 3 is 2.03 bits per heavy atom. The molecule has 1 aromatic heterocycles. The van der Waals surface area contributed by atoms with Crippen LogP contribution in [0.1, 0.15) is 35.7 Å². The van der Waals surface area contributed by atoms with Crippen LogP contribution in [-0.2, 0) is 13.1 Å². The van der Waals surface area contributed by atoms with Crippen LogP contribution in [0.15, 0.2) is 89.7 Å². The molecule has 0 unspecified atom stereocenters. The Morgan fingerprint density at radius 1 is 0.806 bits per heavy atom. The second-order valence-electron chi connectivity index (χ2n) is 9.15. The highest BCUT2D eigenvalue weighted by Crippen LogP contribution is 2.21. The lowest BCUT2D eigenvalue weighted by atomic mass is 9.99. The second kappa shape index (κ2) is 11.2. The monoisotopic (exact) mass is 481 g/mol. The highest BCUT2D eigenvalue weighted by Gasteiger charge is 2.18. The standard InChI is InChI=1S/C29H31N5O2/c35-28-25-16-8-7-15-24(25)26(32-34(28)20-19-33-17-9-10-18-33)21-30-29(36)31-27(22-11-3-1-4-12-22)23-13-5-2-6-14-23/h1-8,11-16,27H,9-10,17-21H2,(H2,30,31,36). The van der Waals surface area contributed by atoms with E-state index in [-0.39, 0.29) is 24.2 Å². The highest BCUT2D eigenvalue weighted by atomic mass is 16.2. The first-order valence-corrected chi connectivity index (χ1v) is 12.5. The van der Waals surface area contributed by atoms with E-state index >= 15 is 0 Å². The zero-order valence-corrected chi connectivity index (χ0v) is 20.3. The van der Waals surface area contributed by atoms with Crippen molar-refractivity contribution in [3.8, 4) is 0 Å². The SMILES string of the molecule is O=C(NCc1nn(CCN2CCCC2)c(=O)c2ccccc12)NC(c1ccccc1)c1ccccc1. The van der Waals surface area contributed by atoms with Crippen LogP contribution in [-0.4, -0.2) is 40.3 Å². The van der Waals surface area contributed by atoms with Crippen molar-refractivity contribution in [1.29, 1.82) is 0 Å². The molecule has 0 bridgehead atoms. The smallest absolute Gasteiger partial charge is 0.315 e. The van der Waals surface area contributed by atoms with Crippen LogP contribution in [0.25, 0.3) is 10.8 Å². The van der Waals surface area contributed by atoms with Crippen molar-refractivity contribution in [2.24, 2.45) is 0 Å². The van der Waals surface area contributed by atoms with Gasteiger partial charge in [-0.3, -0.25) is 4.79 Å². The fourth-order valence-corrected chi connectivity index (χ4v) is 4.83. The zero-order valence-electron chi connectivity index (χ0n) is 20.3. The third kappa shape index (κ3) is 5.47. The Kier molecular flexibility index (Phi) is 7.38. The van der Waals surface area contributed by atoms with E-state index in [2.05, 4.69) is 20.6 Å². The molecule has 5 rings (SSSR count). The average Bonchev–Trinajstić information content (AvgIpc) is 3.46. The quantitative estimate of drug-likeness (QED) is 0.398. The van der Waals surface area contributed by atoms with Gasteiger partial charge in [0, 0.05) is 11.9 Å². The molecule has 1 aliphatic rings. The van der Waals surface area contributed by atoms with E-state index in [0.29, 0.717) is 17.6 Å². The van der Waals surface area contributed by atoms with Gasteiger partial charge in [-0.05, 0) is 43.1 Å². The van der Waals surface area contributed by atoms with Crippen LogP contribution in [0.2, 0.25) is 0 Å². The Morgan fingerprint density at radius 2 is 1.39 bits per heavy atom. The molecule has 1 saturated heterocycles. The van der Waals surface area contributed by atoms with Crippen LogP contribution in [0.3, 0.4) is 0 Å². The molecule has 2 amide bonds. The Bertz CT molecular complexity index is 1330. The third-order valence-corrected chi connectivity index (χ3v) is 6.73. The van der Waals surface area contributed by atoms with Crippen LogP contribution < -0.4 is 16.2 Å². The van der Waals surface area contributed by atoms with Crippen LogP contribution >= 0.6 is 0 Å². The molecule has 1 fully saturated rings. The normalized spacial score (nSPS) is 13.8. The number of hydrogen-bond donors (Lipinski definition) is 2. The molecule has 0 atom stereocenters. The van der Waals surface area contributed by atoms with E-state index in [1.54, 1.807) is 4.68 Å². The number of benzene rings is 3. The van der Waals surface area contributed by atoms with Gasteiger partial charge >= 0.3 is 6.03 Å². The molecule has 7 nitrogen and oxygen atoms in total. The Labute approximate surface area is 210 Å². The summed E-state index contributed by atoms with van der Waals surface area (Å²) >= 11 is 0. The van der Waals surface area contributed by atoms with Crippen molar-refractivity contribution >= 4 is 16.8 Å². The maximum Gasteiger partial charge on any atom is 0.315 e. The molecule has 184 valence electrons. The molecular formula is C29H31N5O2. The minimum absolute atomic E-state index is 0.0915. The number of fused-ring (bicyclic) bond motifs is 1. The average molecular weight is 482 g/mol. The molecule has 7 heteroatoms. The number of carbonyl (C=O) groups is 1. The van der Waals surface area contributed by atoms with Crippen molar-refractivity contribution in [2.45, 2.75) is 32.0 Å². The Hall–Kier alpha value is -3.97. The molecule has 4 aromatic rings. The van der Waals surface area contributed by atoms with Gasteiger partial charge in [-0.15, -0.1) is 0 Å². The molecule has 0 saturated carbocycles. The number of hydrogen-bond acceptors (Lipinski definition) is 4. The lowest BCUT2D eigenvalue weighted by molar-refractivity contribution is 0.238. The van der Waals surface area contributed by atoms with Crippen molar-refractivity contribution in [2.75, 3.05) is 19.6 Å². The summed E-state index contributed by atoms with van der Waals surface area (Å²) in [7, 11) is 0. The summed E-state index contributed by atoms with van der Waals surface area (Å²) in [6.07, 6.45) is 2.41. The van der Waals surface area contributed by atoms with Gasteiger partial charge in [-0.1, -0.05) is 78.9 Å². The van der Waals surface area contributed by atoms with Gasteiger partial charge in [0.25, 0.3) is 5.56 Å². The topological polar surface area (TPSA) is 79.3 Å². The van der Waals surface area contributed by atoms with Crippen molar-refractivity contribution in [3.05, 3.63) is 112 Å². The van der Waals surface area contributed by atoms with Crippen LogP contribution in [0.5, 0.6) is 0 Å². The first kappa shape index (κ1) is 23.8. The van der Waals surface area contributed by atoms with Gasteiger partial charge in [0.2, 0.25) is 0 Å². The van der Waals surface area contributed by atoms with E-state index < -0.39 is 0 Å². The molecule has 0 aliphatic carbocycles. The minimum atomic E-state index is -0.298. The largest absolute Gasteiger partial charge is 0.332 e. The van der Waals surface area contributed by atoms with Gasteiger partial charge in [-0.25, -0.2) is 9.48 Å². The van der Waals surface area contributed by atoms with Gasteiger partial charge in [0.1, 0.15) is 0 Å². The molecule has 3 aromatic carbocycles. The van der Waals surface area contributed by atoms with Crippen molar-refractivity contribution in [1.82, 2.24) is 25.3 Å². The molecule has 1 aliphatic heterocycles. The molecule has 0 radical (unpaired) electrons. The van der Waals surface area contributed by atoms with E-state index in [9.17, 15) is 9.59 Å². The van der Waals surface area contributed by atoms with Crippen molar-refractivity contribution < 1.29 is 4.79 Å². The summed E-state index contributed by atoms with van der Waals surface area (Å²) in [6, 6.07) is 26.7.